The van der Waals surface area contributed by atoms with E-state index in [9.17, 15) is 9.59 Å². The second-order valence-electron chi connectivity index (χ2n) is 7.40. The second-order valence-corrected chi connectivity index (χ2v) is 7.40. The summed E-state index contributed by atoms with van der Waals surface area (Å²) in [4.78, 5) is 28.6. The van der Waals surface area contributed by atoms with Gasteiger partial charge in [-0.05, 0) is 51.3 Å². The summed E-state index contributed by atoms with van der Waals surface area (Å²) in [5.41, 5.74) is 3.19. The Kier molecular flexibility index (Phi) is 5.74. The number of nitrogens with zero attached hydrogens (tertiary/aromatic N) is 2. The predicted octanol–water partition coefficient (Wildman–Crippen LogP) is 2.72. The van der Waals surface area contributed by atoms with Crippen LogP contribution in [-0.4, -0.2) is 53.8 Å². The molecule has 0 saturated carbocycles. The molecule has 2 aliphatic rings. The van der Waals surface area contributed by atoms with Crippen LogP contribution in [0.25, 0.3) is 0 Å². The van der Waals surface area contributed by atoms with Gasteiger partial charge in [0.1, 0.15) is 0 Å². The number of hydrogen-bond acceptors (Lipinski definition) is 3. The van der Waals surface area contributed by atoms with Crippen LogP contribution >= 0.6 is 0 Å². The van der Waals surface area contributed by atoms with Gasteiger partial charge in [-0.25, -0.2) is 0 Å². The van der Waals surface area contributed by atoms with E-state index >= 15 is 0 Å². The van der Waals surface area contributed by atoms with E-state index in [1.54, 1.807) is 0 Å². The molecular weight excluding hydrogens is 314 g/mol. The fourth-order valence-corrected chi connectivity index (χ4v) is 3.97. The van der Waals surface area contributed by atoms with Gasteiger partial charge in [-0.3, -0.25) is 9.59 Å². The predicted molar refractivity (Wildman–Crippen MR) is 99.6 cm³/mol. The molecule has 0 spiro atoms. The first-order valence-corrected chi connectivity index (χ1v) is 9.42. The lowest BCUT2D eigenvalue weighted by Gasteiger charge is -2.37. The van der Waals surface area contributed by atoms with Crippen LogP contribution in [0.5, 0.6) is 0 Å². The Bertz CT molecular complexity index is 644. The molecule has 5 heteroatoms. The minimum atomic E-state index is 0.0614. The maximum atomic E-state index is 12.3. The van der Waals surface area contributed by atoms with Crippen molar-refractivity contribution in [3.8, 4) is 0 Å². The molecule has 2 heterocycles. The van der Waals surface area contributed by atoms with Crippen LogP contribution in [0.15, 0.2) is 18.2 Å². The third kappa shape index (κ3) is 4.60. The van der Waals surface area contributed by atoms with Gasteiger partial charge < -0.3 is 15.1 Å². The van der Waals surface area contributed by atoms with E-state index in [0.29, 0.717) is 24.8 Å². The first-order valence-electron chi connectivity index (χ1n) is 9.42. The van der Waals surface area contributed by atoms with Gasteiger partial charge in [-0.2, -0.15) is 0 Å². The van der Waals surface area contributed by atoms with E-state index in [4.69, 9.17) is 0 Å². The van der Waals surface area contributed by atoms with Crippen LogP contribution in [0.4, 0.5) is 5.69 Å². The number of anilines is 1. The molecule has 0 aromatic heterocycles. The summed E-state index contributed by atoms with van der Waals surface area (Å²) >= 11 is 0. The molecule has 5 nitrogen and oxygen atoms in total. The van der Waals surface area contributed by atoms with Gasteiger partial charge in [0, 0.05) is 44.2 Å². The highest BCUT2D eigenvalue weighted by atomic mass is 16.2. The molecule has 0 bridgehead atoms. The fraction of sp³-hybridized carbons (Fsp3) is 0.600. The third-order valence-electron chi connectivity index (χ3n) is 5.34. The number of likely N-dealkylation sites (tertiary alicyclic amines) is 2. The SMILES string of the molecule is Cc1ccc(NC(=O)CCN2CCC[C@@H](N3CCCC3=O)C2)c(C)c1. The molecule has 2 aliphatic heterocycles. The number of benzene rings is 1. The van der Waals surface area contributed by atoms with Gasteiger partial charge in [0.15, 0.2) is 0 Å². The molecule has 136 valence electrons. The van der Waals surface area contributed by atoms with Crippen molar-refractivity contribution in [3.05, 3.63) is 29.3 Å². The summed E-state index contributed by atoms with van der Waals surface area (Å²) in [7, 11) is 0. The monoisotopic (exact) mass is 343 g/mol. The first kappa shape index (κ1) is 17.9. The van der Waals surface area contributed by atoms with Gasteiger partial charge in [-0.1, -0.05) is 17.7 Å². The summed E-state index contributed by atoms with van der Waals surface area (Å²) < 4.78 is 0. The van der Waals surface area contributed by atoms with E-state index in [0.717, 1.165) is 56.7 Å². The lowest BCUT2D eigenvalue weighted by atomic mass is 10.0. The van der Waals surface area contributed by atoms with E-state index in [-0.39, 0.29) is 5.91 Å². The number of hydrogen-bond donors (Lipinski definition) is 1. The molecule has 0 unspecified atom stereocenters. The van der Waals surface area contributed by atoms with E-state index in [1.807, 2.05) is 19.1 Å². The Hall–Kier alpha value is -1.88. The molecular formula is C20H29N3O2. The summed E-state index contributed by atoms with van der Waals surface area (Å²) in [6.45, 7) is 7.67. The Labute approximate surface area is 150 Å². The number of aryl methyl sites for hydroxylation is 2. The highest BCUT2D eigenvalue weighted by Gasteiger charge is 2.31. The minimum absolute atomic E-state index is 0.0614. The highest BCUT2D eigenvalue weighted by molar-refractivity contribution is 5.91. The van der Waals surface area contributed by atoms with Gasteiger partial charge in [0.25, 0.3) is 0 Å². The van der Waals surface area contributed by atoms with Crippen molar-refractivity contribution in [2.24, 2.45) is 0 Å². The summed E-state index contributed by atoms with van der Waals surface area (Å²) in [6, 6.07) is 6.41. The summed E-state index contributed by atoms with van der Waals surface area (Å²) in [6.07, 6.45) is 4.39. The van der Waals surface area contributed by atoms with Crippen molar-refractivity contribution < 1.29 is 9.59 Å². The number of nitrogens with one attached hydrogen (secondary N) is 1. The molecule has 1 N–H and O–H groups in total. The van der Waals surface area contributed by atoms with Crippen molar-refractivity contribution in [1.29, 1.82) is 0 Å². The van der Waals surface area contributed by atoms with Crippen molar-refractivity contribution in [1.82, 2.24) is 9.80 Å². The van der Waals surface area contributed by atoms with E-state index in [1.165, 1.54) is 5.56 Å². The zero-order chi connectivity index (χ0) is 17.8. The largest absolute Gasteiger partial charge is 0.338 e. The lowest BCUT2D eigenvalue weighted by molar-refractivity contribution is -0.130. The van der Waals surface area contributed by atoms with E-state index < -0.39 is 0 Å². The maximum absolute atomic E-state index is 12.3. The Morgan fingerprint density at radius 2 is 2.08 bits per heavy atom. The molecule has 2 saturated heterocycles. The van der Waals surface area contributed by atoms with Crippen molar-refractivity contribution in [2.75, 3.05) is 31.5 Å². The lowest BCUT2D eigenvalue weighted by Crippen LogP contribution is -2.48. The Morgan fingerprint density at radius 3 is 2.80 bits per heavy atom. The van der Waals surface area contributed by atoms with Gasteiger partial charge >= 0.3 is 0 Å². The molecule has 2 fully saturated rings. The van der Waals surface area contributed by atoms with Crippen LogP contribution in [0.3, 0.4) is 0 Å². The number of amides is 2. The number of carbonyl (C=O) groups is 2. The molecule has 0 aliphatic carbocycles. The second kappa shape index (κ2) is 8.00. The summed E-state index contributed by atoms with van der Waals surface area (Å²) in [5, 5.41) is 3.02. The minimum Gasteiger partial charge on any atom is -0.338 e. The molecule has 1 aromatic carbocycles. The van der Waals surface area contributed by atoms with Crippen LogP contribution in [-0.2, 0) is 9.59 Å². The first-order chi connectivity index (χ1) is 12.0. The zero-order valence-electron chi connectivity index (χ0n) is 15.4. The normalized spacial score (nSPS) is 21.6. The standard InChI is InChI=1S/C20H29N3O2/c1-15-7-8-18(16(2)13-15)21-19(24)9-12-22-10-3-5-17(14-22)23-11-4-6-20(23)25/h7-8,13,17H,3-6,9-12,14H2,1-2H3,(H,21,24)/t17-/m1/s1. The van der Waals surface area contributed by atoms with Crippen molar-refractivity contribution >= 4 is 17.5 Å². The zero-order valence-corrected chi connectivity index (χ0v) is 15.4. The van der Waals surface area contributed by atoms with Gasteiger partial charge in [-0.15, -0.1) is 0 Å². The van der Waals surface area contributed by atoms with Crippen LogP contribution < -0.4 is 5.32 Å². The average molecular weight is 343 g/mol. The summed E-state index contributed by atoms with van der Waals surface area (Å²) in [5.74, 6) is 0.366. The van der Waals surface area contributed by atoms with E-state index in [2.05, 4.69) is 28.1 Å². The Balaban J connectivity index is 1.47. The van der Waals surface area contributed by atoms with Crippen LogP contribution in [0.2, 0.25) is 0 Å². The Morgan fingerprint density at radius 1 is 1.24 bits per heavy atom. The number of carbonyl (C=O) groups excluding carboxylic acids is 2. The average Bonchev–Trinajstić information content (AvgIpc) is 3.02. The molecule has 0 radical (unpaired) electrons. The van der Waals surface area contributed by atoms with Gasteiger partial charge in [0.05, 0.1) is 0 Å². The molecule has 25 heavy (non-hydrogen) atoms. The van der Waals surface area contributed by atoms with Crippen LogP contribution in [0.1, 0.15) is 43.2 Å². The molecule has 1 aromatic rings. The number of piperidine rings is 1. The quantitative estimate of drug-likeness (QED) is 0.894. The van der Waals surface area contributed by atoms with Gasteiger partial charge in [0.2, 0.25) is 11.8 Å². The number of rotatable bonds is 5. The van der Waals surface area contributed by atoms with Crippen molar-refractivity contribution in [3.63, 3.8) is 0 Å². The van der Waals surface area contributed by atoms with Crippen molar-refractivity contribution in [2.45, 2.75) is 52.0 Å². The molecule has 3 rings (SSSR count). The smallest absolute Gasteiger partial charge is 0.225 e. The molecule has 1 atom stereocenters. The topological polar surface area (TPSA) is 52.7 Å². The van der Waals surface area contributed by atoms with Crippen LogP contribution in [0, 0.1) is 13.8 Å². The highest BCUT2D eigenvalue weighted by Crippen LogP contribution is 2.22. The third-order valence-corrected chi connectivity index (χ3v) is 5.34. The fourth-order valence-electron chi connectivity index (χ4n) is 3.97. The maximum Gasteiger partial charge on any atom is 0.225 e. The molecule has 2 amide bonds.